The van der Waals surface area contributed by atoms with E-state index in [9.17, 15) is 9.59 Å². The maximum atomic E-state index is 12.4. The lowest BCUT2D eigenvalue weighted by Gasteiger charge is -2.36. The molecule has 0 aliphatic carbocycles. The molecule has 180 valence electrons. The van der Waals surface area contributed by atoms with Crippen LogP contribution in [0.25, 0.3) is 10.9 Å². The number of nitrogens with one attached hydrogen (secondary N) is 2. The van der Waals surface area contributed by atoms with Crippen LogP contribution in [0.2, 0.25) is 0 Å². The third kappa shape index (κ3) is 6.54. The van der Waals surface area contributed by atoms with Gasteiger partial charge < -0.3 is 20.3 Å². The van der Waals surface area contributed by atoms with Gasteiger partial charge in [0.2, 0.25) is 0 Å². The number of hydrogen-bond acceptors (Lipinski definition) is 7. The van der Waals surface area contributed by atoms with Crippen LogP contribution in [0.1, 0.15) is 40.4 Å². The van der Waals surface area contributed by atoms with Crippen LogP contribution in [-0.4, -0.2) is 76.6 Å². The Morgan fingerprint density at radius 1 is 1.09 bits per heavy atom. The zero-order valence-corrected chi connectivity index (χ0v) is 20.5. The predicted molar refractivity (Wildman–Crippen MR) is 129 cm³/mol. The topological polar surface area (TPSA) is 99.7 Å². The number of benzene rings is 1. The summed E-state index contributed by atoms with van der Waals surface area (Å²) in [6.45, 7) is 13.2. The molecule has 0 spiro atoms. The maximum absolute atomic E-state index is 12.4. The number of rotatable bonds is 6. The van der Waals surface area contributed by atoms with Crippen LogP contribution in [0, 0.1) is 5.92 Å². The maximum Gasteiger partial charge on any atom is 0.328 e. The fraction of sp³-hybridized carbons (Fsp3) is 0.583. The molecule has 0 radical (unpaired) electrons. The van der Waals surface area contributed by atoms with Gasteiger partial charge in [-0.1, -0.05) is 26.0 Å². The molecule has 1 aliphatic heterocycles. The number of amides is 2. The number of methoxy groups -OCH3 is 1. The van der Waals surface area contributed by atoms with E-state index in [1.807, 2.05) is 63.8 Å². The van der Waals surface area contributed by atoms with Gasteiger partial charge in [-0.25, -0.2) is 19.6 Å². The second-order valence-corrected chi connectivity index (χ2v) is 9.84. The van der Waals surface area contributed by atoms with Gasteiger partial charge in [-0.15, -0.1) is 0 Å². The van der Waals surface area contributed by atoms with E-state index in [-0.39, 0.29) is 23.5 Å². The average Bonchev–Trinajstić information content (AvgIpc) is 2.76. The Morgan fingerprint density at radius 2 is 1.76 bits per heavy atom. The monoisotopic (exact) mass is 456 g/mol. The Morgan fingerprint density at radius 3 is 2.36 bits per heavy atom. The molecule has 9 heteroatoms. The minimum Gasteiger partial charge on any atom is -0.467 e. The number of carbonyl (C=O) groups excluding carboxylic acids is 2. The van der Waals surface area contributed by atoms with Gasteiger partial charge >= 0.3 is 12.0 Å². The Balaban J connectivity index is 1.74. The lowest BCUT2D eigenvalue weighted by Crippen LogP contribution is -2.54. The van der Waals surface area contributed by atoms with Crippen molar-refractivity contribution in [3.8, 4) is 0 Å². The Bertz CT molecular complexity index is 980. The summed E-state index contributed by atoms with van der Waals surface area (Å²) in [5.41, 5.74) is 0.565. The molecule has 2 N–H and O–H groups in total. The van der Waals surface area contributed by atoms with Crippen LogP contribution in [-0.2, 0) is 16.1 Å². The Hall–Kier alpha value is -2.94. The van der Waals surface area contributed by atoms with Crippen molar-refractivity contribution in [1.82, 2.24) is 25.1 Å². The van der Waals surface area contributed by atoms with E-state index in [0.717, 1.165) is 24.0 Å². The summed E-state index contributed by atoms with van der Waals surface area (Å²) in [6.07, 6.45) is 0. The summed E-state index contributed by atoms with van der Waals surface area (Å²) >= 11 is 0. The van der Waals surface area contributed by atoms with Gasteiger partial charge in [0.05, 0.1) is 19.2 Å². The molecule has 1 aliphatic rings. The van der Waals surface area contributed by atoms with Crippen molar-refractivity contribution < 1.29 is 14.3 Å². The van der Waals surface area contributed by atoms with Crippen LogP contribution in [0.4, 0.5) is 10.6 Å². The third-order valence-corrected chi connectivity index (χ3v) is 5.57. The third-order valence-electron chi connectivity index (χ3n) is 5.57. The molecular formula is C24H36N6O3. The van der Waals surface area contributed by atoms with Crippen LogP contribution < -0.4 is 10.6 Å². The molecule has 2 heterocycles. The molecule has 0 unspecified atom stereocenters. The molecular weight excluding hydrogens is 420 g/mol. The first-order valence-electron chi connectivity index (χ1n) is 11.5. The van der Waals surface area contributed by atoms with Gasteiger partial charge in [0.1, 0.15) is 17.7 Å². The molecule has 1 aromatic carbocycles. The first-order chi connectivity index (χ1) is 15.6. The Labute approximate surface area is 195 Å². The lowest BCUT2D eigenvalue weighted by molar-refractivity contribution is -0.142. The van der Waals surface area contributed by atoms with E-state index >= 15 is 0 Å². The highest BCUT2D eigenvalue weighted by Gasteiger charge is 2.26. The smallest absolute Gasteiger partial charge is 0.328 e. The van der Waals surface area contributed by atoms with E-state index in [0.29, 0.717) is 31.3 Å². The quantitative estimate of drug-likeness (QED) is 0.645. The number of fused-ring (bicyclic) bond motifs is 1. The number of para-hydroxylation sites is 1. The summed E-state index contributed by atoms with van der Waals surface area (Å²) in [6, 6.07) is 7.23. The van der Waals surface area contributed by atoms with Gasteiger partial charge in [0.25, 0.3) is 0 Å². The van der Waals surface area contributed by atoms with Crippen molar-refractivity contribution in [2.45, 2.75) is 52.7 Å². The predicted octanol–water partition coefficient (Wildman–Crippen LogP) is 2.87. The molecule has 33 heavy (non-hydrogen) atoms. The number of hydrogen-bond donors (Lipinski definition) is 2. The fourth-order valence-electron chi connectivity index (χ4n) is 3.79. The van der Waals surface area contributed by atoms with Gasteiger partial charge in [-0.2, -0.15) is 0 Å². The van der Waals surface area contributed by atoms with Crippen LogP contribution >= 0.6 is 0 Å². The van der Waals surface area contributed by atoms with Gasteiger partial charge in [-0.3, -0.25) is 4.90 Å². The molecule has 2 aromatic rings. The molecule has 9 nitrogen and oxygen atoms in total. The molecule has 0 bridgehead atoms. The number of carbonyl (C=O) groups is 2. The molecule has 1 aromatic heterocycles. The number of urea groups is 1. The SMILES string of the molecule is COC(=O)[C@@H](Nc1nc(CN2CCN(C(=O)NC(C)(C)C)CC2)nc2ccccc12)C(C)C. The molecule has 2 amide bonds. The molecule has 3 rings (SSSR count). The lowest BCUT2D eigenvalue weighted by atomic mass is 10.0. The van der Waals surface area contributed by atoms with Crippen molar-refractivity contribution >= 4 is 28.7 Å². The molecule has 1 atom stereocenters. The first kappa shape index (κ1) is 24.7. The van der Waals surface area contributed by atoms with E-state index < -0.39 is 6.04 Å². The van der Waals surface area contributed by atoms with Crippen molar-refractivity contribution in [1.29, 1.82) is 0 Å². The largest absolute Gasteiger partial charge is 0.467 e. The minimum atomic E-state index is -0.508. The number of nitrogens with zero attached hydrogens (tertiary/aromatic N) is 4. The molecule has 1 saturated heterocycles. The van der Waals surface area contributed by atoms with Gasteiger partial charge in [0.15, 0.2) is 0 Å². The number of ether oxygens (including phenoxy) is 1. The van der Waals surface area contributed by atoms with Crippen molar-refractivity contribution in [2.75, 3.05) is 38.6 Å². The minimum absolute atomic E-state index is 0.0295. The average molecular weight is 457 g/mol. The second-order valence-electron chi connectivity index (χ2n) is 9.84. The van der Waals surface area contributed by atoms with Crippen molar-refractivity contribution in [2.24, 2.45) is 5.92 Å². The van der Waals surface area contributed by atoms with E-state index in [1.165, 1.54) is 7.11 Å². The highest BCUT2D eigenvalue weighted by molar-refractivity contribution is 5.91. The zero-order chi connectivity index (χ0) is 24.2. The van der Waals surface area contributed by atoms with Crippen molar-refractivity contribution in [3.63, 3.8) is 0 Å². The number of esters is 1. The van der Waals surface area contributed by atoms with E-state index in [4.69, 9.17) is 14.7 Å². The van der Waals surface area contributed by atoms with Crippen LogP contribution in [0.5, 0.6) is 0 Å². The first-order valence-corrected chi connectivity index (χ1v) is 11.5. The summed E-state index contributed by atoms with van der Waals surface area (Å²) in [5, 5.41) is 7.17. The van der Waals surface area contributed by atoms with Crippen LogP contribution in [0.15, 0.2) is 24.3 Å². The number of aromatic nitrogens is 2. The van der Waals surface area contributed by atoms with E-state index in [2.05, 4.69) is 15.5 Å². The Kier molecular flexibility index (Phi) is 7.73. The fourth-order valence-corrected chi connectivity index (χ4v) is 3.79. The highest BCUT2D eigenvalue weighted by Crippen LogP contribution is 2.23. The summed E-state index contributed by atoms with van der Waals surface area (Å²) in [5.74, 6) is 1.01. The molecule has 0 saturated carbocycles. The number of anilines is 1. The second kappa shape index (κ2) is 10.3. The van der Waals surface area contributed by atoms with Crippen LogP contribution in [0.3, 0.4) is 0 Å². The normalized spacial score (nSPS) is 16.0. The van der Waals surface area contributed by atoms with Gasteiger partial charge in [0, 0.05) is 37.1 Å². The summed E-state index contributed by atoms with van der Waals surface area (Å²) < 4.78 is 4.98. The highest BCUT2D eigenvalue weighted by atomic mass is 16.5. The summed E-state index contributed by atoms with van der Waals surface area (Å²) in [4.78, 5) is 38.3. The summed E-state index contributed by atoms with van der Waals surface area (Å²) in [7, 11) is 1.39. The zero-order valence-electron chi connectivity index (χ0n) is 20.5. The standard InChI is InChI=1S/C24H36N6O3/c1-16(2)20(22(31)33-6)27-21-17-9-7-8-10-18(17)25-19(26-21)15-29-11-13-30(14-12-29)23(32)28-24(3,4)5/h7-10,16,20H,11-15H2,1-6H3,(H,28,32)(H,25,26,27)/t20-/m0/s1. The van der Waals surface area contributed by atoms with Gasteiger partial charge in [-0.05, 0) is 38.8 Å². The number of piperazine rings is 1. The van der Waals surface area contributed by atoms with E-state index in [1.54, 1.807) is 0 Å². The van der Waals surface area contributed by atoms with Crippen molar-refractivity contribution in [3.05, 3.63) is 30.1 Å². The molecule has 1 fully saturated rings.